The van der Waals surface area contributed by atoms with Crippen LogP contribution in [0.1, 0.15) is 5.56 Å². The Kier molecular flexibility index (Phi) is 4.14. The van der Waals surface area contributed by atoms with E-state index in [1.165, 1.54) is 0 Å². The zero-order valence-corrected chi connectivity index (χ0v) is 9.67. The molecule has 4 heteroatoms. The number of benzene rings is 1. The van der Waals surface area contributed by atoms with Gasteiger partial charge in [-0.2, -0.15) is 0 Å². The zero-order chi connectivity index (χ0) is 12.1. The summed E-state index contributed by atoms with van der Waals surface area (Å²) in [6.07, 6.45) is 1.99. The van der Waals surface area contributed by atoms with E-state index in [-0.39, 0.29) is 13.2 Å². The van der Waals surface area contributed by atoms with E-state index in [4.69, 9.17) is 9.84 Å². The van der Waals surface area contributed by atoms with Gasteiger partial charge in [0.25, 0.3) is 0 Å². The van der Waals surface area contributed by atoms with Crippen LogP contribution in [-0.4, -0.2) is 34.6 Å². The predicted molar refractivity (Wildman–Crippen MR) is 65.8 cm³/mol. The minimum Gasteiger partial charge on any atom is -0.394 e. The lowest BCUT2D eigenvalue weighted by Gasteiger charge is -2.06. The van der Waals surface area contributed by atoms with Gasteiger partial charge in [-0.1, -0.05) is 12.1 Å². The fraction of sp³-hybridized carbons (Fsp3) is 0.385. The van der Waals surface area contributed by atoms with Crippen molar-refractivity contribution < 1.29 is 14.9 Å². The SMILES string of the molecule is OCCOCCn1ccc2c(CO)cccc21. The zero-order valence-electron chi connectivity index (χ0n) is 9.67. The highest BCUT2D eigenvalue weighted by atomic mass is 16.5. The molecule has 0 unspecified atom stereocenters. The lowest BCUT2D eigenvalue weighted by atomic mass is 10.1. The molecule has 2 rings (SSSR count). The fourth-order valence-corrected chi connectivity index (χ4v) is 1.95. The molecule has 92 valence electrons. The van der Waals surface area contributed by atoms with E-state index in [0.717, 1.165) is 23.0 Å². The quantitative estimate of drug-likeness (QED) is 0.738. The van der Waals surface area contributed by atoms with Crippen LogP contribution in [0.15, 0.2) is 30.5 Å². The molecular weight excluding hydrogens is 218 g/mol. The lowest BCUT2D eigenvalue weighted by Crippen LogP contribution is -2.07. The number of ether oxygens (including phenoxy) is 1. The summed E-state index contributed by atoms with van der Waals surface area (Å²) in [5.41, 5.74) is 2.04. The van der Waals surface area contributed by atoms with Gasteiger partial charge in [-0.05, 0) is 17.7 Å². The summed E-state index contributed by atoms with van der Waals surface area (Å²) >= 11 is 0. The minimum atomic E-state index is 0.0566. The van der Waals surface area contributed by atoms with Crippen molar-refractivity contribution >= 4 is 10.9 Å². The molecule has 0 saturated heterocycles. The monoisotopic (exact) mass is 235 g/mol. The van der Waals surface area contributed by atoms with Gasteiger partial charge >= 0.3 is 0 Å². The summed E-state index contributed by atoms with van der Waals surface area (Å²) in [5, 5.41) is 18.9. The van der Waals surface area contributed by atoms with E-state index in [1.54, 1.807) is 0 Å². The molecule has 2 N–H and O–H groups in total. The topological polar surface area (TPSA) is 54.6 Å². The standard InChI is InChI=1S/C13H17NO3/c15-7-9-17-8-6-14-5-4-12-11(10-16)2-1-3-13(12)14/h1-5,15-16H,6-10H2. The molecule has 1 aromatic carbocycles. The van der Waals surface area contributed by atoms with Crippen molar-refractivity contribution in [3.8, 4) is 0 Å². The smallest absolute Gasteiger partial charge is 0.0698 e. The third-order valence-corrected chi connectivity index (χ3v) is 2.79. The van der Waals surface area contributed by atoms with Gasteiger partial charge in [0.15, 0.2) is 0 Å². The Bertz CT molecular complexity index is 478. The van der Waals surface area contributed by atoms with Crippen molar-refractivity contribution in [2.24, 2.45) is 0 Å². The first-order valence-electron chi connectivity index (χ1n) is 5.73. The maximum atomic E-state index is 9.23. The van der Waals surface area contributed by atoms with Crippen LogP contribution in [0, 0.1) is 0 Å². The van der Waals surface area contributed by atoms with Crippen LogP contribution in [0.5, 0.6) is 0 Å². The van der Waals surface area contributed by atoms with Crippen LogP contribution < -0.4 is 0 Å². The Morgan fingerprint density at radius 1 is 1.12 bits per heavy atom. The number of aliphatic hydroxyl groups is 2. The van der Waals surface area contributed by atoms with Crippen molar-refractivity contribution in [3.05, 3.63) is 36.0 Å². The van der Waals surface area contributed by atoms with Crippen LogP contribution >= 0.6 is 0 Å². The number of aromatic nitrogens is 1. The van der Waals surface area contributed by atoms with Crippen LogP contribution in [0.2, 0.25) is 0 Å². The van der Waals surface area contributed by atoms with Crippen molar-refractivity contribution in [2.45, 2.75) is 13.2 Å². The van der Waals surface area contributed by atoms with E-state index in [2.05, 4.69) is 4.57 Å². The van der Waals surface area contributed by atoms with Crippen LogP contribution in [0.4, 0.5) is 0 Å². The Morgan fingerprint density at radius 3 is 2.76 bits per heavy atom. The summed E-state index contributed by atoms with van der Waals surface area (Å²) in [4.78, 5) is 0. The summed E-state index contributed by atoms with van der Waals surface area (Å²) in [6.45, 7) is 1.82. The van der Waals surface area contributed by atoms with Crippen LogP contribution in [0.25, 0.3) is 10.9 Å². The lowest BCUT2D eigenvalue weighted by molar-refractivity contribution is 0.0875. The number of aliphatic hydroxyl groups excluding tert-OH is 2. The first-order chi connectivity index (χ1) is 8.36. The third kappa shape index (κ3) is 2.66. The normalized spacial score (nSPS) is 11.2. The fourth-order valence-electron chi connectivity index (χ4n) is 1.95. The molecule has 2 aromatic rings. The molecule has 0 fully saturated rings. The number of rotatable bonds is 6. The van der Waals surface area contributed by atoms with E-state index in [1.807, 2.05) is 30.5 Å². The molecule has 0 atom stereocenters. The molecule has 1 heterocycles. The number of nitrogens with zero attached hydrogens (tertiary/aromatic N) is 1. The van der Waals surface area contributed by atoms with E-state index in [0.29, 0.717) is 13.2 Å². The van der Waals surface area contributed by atoms with Gasteiger partial charge in [-0.15, -0.1) is 0 Å². The third-order valence-electron chi connectivity index (χ3n) is 2.79. The Hall–Kier alpha value is -1.36. The molecule has 0 radical (unpaired) electrons. The molecule has 0 spiro atoms. The largest absolute Gasteiger partial charge is 0.394 e. The summed E-state index contributed by atoms with van der Waals surface area (Å²) < 4.78 is 7.33. The highest BCUT2D eigenvalue weighted by molar-refractivity contribution is 5.83. The maximum Gasteiger partial charge on any atom is 0.0698 e. The molecule has 0 saturated carbocycles. The maximum absolute atomic E-state index is 9.23. The van der Waals surface area contributed by atoms with E-state index in [9.17, 15) is 5.11 Å². The van der Waals surface area contributed by atoms with Gasteiger partial charge < -0.3 is 19.5 Å². The summed E-state index contributed by atoms with van der Waals surface area (Å²) in [5.74, 6) is 0. The predicted octanol–water partition coefficient (Wildman–Crippen LogP) is 1.14. The number of fused-ring (bicyclic) bond motifs is 1. The second-order valence-corrected chi connectivity index (χ2v) is 3.85. The van der Waals surface area contributed by atoms with Crippen LogP contribution in [0.3, 0.4) is 0 Å². The first kappa shape index (κ1) is 12.1. The van der Waals surface area contributed by atoms with Gasteiger partial charge in [0, 0.05) is 23.6 Å². The molecule has 0 bridgehead atoms. The second kappa shape index (κ2) is 5.82. The minimum absolute atomic E-state index is 0.0566. The van der Waals surface area contributed by atoms with Crippen LogP contribution in [-0.2, 0) is 17.9 Å². The highest BCUT2D eigenvalue weighted by Gasteiger charge is 2.04. The van der Waals surface area contributed by atoms with Gasteiger partial charge in [0.2, 0.25) is 0 Å². The second-order valence-electron chi connectivity index (χ2n) is 3.85. The average Bonchev–Trinajstić information content (AvgIpc) is 2.78. The van der Waals surface area contributed by atoms with E-state index < -0.39 is 0 Å². The van der Waals surface area contributed by atoms with Crippen molar-refractivity contribution in [1.82, 2.24) is 4.57 Å². The Labute approximate surface area is 100 Å². The molecule has 0 aliphatic heterocycles. The summed E-state index contributed by atoms with van der Waals surface area (Å²) in [6, 6.07) is 7.90. The summed E-state index contributed by atoms with van der Waals surface area (Å²) in [7, 11) is 0. The van der Waals surface area contributed by atoms with Crippen molar-refractivity contribution in [2.75, 3.05) is 19.8 Å². The van der Waals surface area contributed by atoms with Gasteiger partial charge in [-0.25, -0.2) is 0 Å². The Balaban J connectivity index is 2.13. The molecule has 4 nitrogen and oxygen atoms in total. The van der Waals surface area contributed by atoms with Gasteiger partial charge in [0.1, 0.15) is 0 Å². The molecule has 17 heavy (non-hydrogen) atoms. The Morgan fingerprint density at radius 2 is 2.00 bits per heavy atom. The van der Waals surface area contributed by atoms with Crippen molar-refractivity contribution in [3.63, 3.8) is 0 Å². The molecule has 0 amide bonds. The molecular formula is C13H17NO3. The number of hydrogen-bond donors (Lipinski definition) is 2. The first-order valence-corrected chi connectivity index (χ1v) is 5.73. The van der Waals surface area contributed by atoms with Gasteiger partial charge in [-0.3, -0.25) is 0 Å². The molecule has 1 aromatic heterocycles. The van der Waals surface area contributed by atoms with Crippen molar-refractivity contribution in [1.29, 1.82) is 0 Å². The average molecular weight is 235 g/mol. The van der Waals surface area contributed by atoms with Gasteiger partial charge in [0.05, 0.1) is 26.4 Å². The number of hydrogen-bond acceptors (Lipinski definition) is 3. The van der Waals surface area contributed by atoms with E-state index >= 15 is 0 Å². The molecule has 0 aliphatic carbocycles. The molecule has 0 aliphatic rings. The highest BCUT2D eigenvalue weighted by Crippen LogP contribution is 2.20.